The topological polar surface area (TPSA) is 43.8 Å². The number of nitrogens with zero attached hydrogens (tertiary/aromatic N) is 2. The first kappa shape index (κ1) is 12.4. The van der Waals surface area contributed by atoms with E-state index >= 15 is 0 Å². The van der Waals surface area contributed by atoms with Crippen molar-refractivity contribution in [2.24, 2.45) is 0 Å². The van der Waals surface area contributed by atoms with E-state index in [0.29, 0.717) is 12.5 Å². The number of imidazole rings is 1. The lowest BCUT2D eigenvalue weighted by Gasteiger charge is -2.10. The van der Waals surface area contributed by atoms with E-state index in [9.17, 15) is 4.39 Å². The summed E-state index contributed by atoms with van der Waals surface area (Å²) in [6.07, 6.45) is 1.71. The zero-order valence-electron chi connectivity index (χ0n) is 10.8. The largest absolute Gasteiger partial charge is 0.369 e. The van der Waals surface area contributed by atoms with Gasteiger partial charge in [0, 0.05) is 5.56 Å². The zero-order chi connectivity index (χ0) is 13.9. The number of aromatic nitrogens is 2. The molecule has 3 rings (SSSR count). The number of anilines is 1. The summed E-state index contributed by atoms with van der Waals surface area (Å²) >= 11 is 0. The Morgan fingerprint density at radius 1 is 1.00 bits per heavy atom. The number of benzene rings is 2. The summed E-state index contributed by atoms with van der Waals surface area (Å²) in [5.74, 6) is 0.198. The fourth-order valence-corrected chi connectivity index (χ4v) is 2.17. The van der Waals surface area contributed by atoms with Crippen LogP contribution in [0.1, 0.15) is 5.56 Å². The second-order valence-electron chi connectivity index (χ2n) is 4.58. The van der Waals surface area contributed by atoms with Gasteiger partial charge in [-0.05, 0) is 29.8 Å². The van der Waals surface area contributed by atoms with Crippen molar-refractivity contribution in [3.05, 3.63) is 72.2 Å². The molecule has 3 nitrogen and oxygen atoms in total. The van der Waals surface area contributed by atoms with E-state index < -0.39 is 0 Å². The molecule has 0 saturated heterocycles. The van der Waals surface area contributed by atoms with Gasteiger partial charge in [0.05, 0.1) is 18.4 Å². The van der Waals surface area contributed by atoms with Crippen molar-refractivity contribution in [1.29, 1.82) is 0 Å². The Hall–Kier alpha value is -2.62. The van der Waals surface area contributed by atoms with Crippen LogP contribution in [-0.2, 0) is 6.54 Å². The van der Waals surface area contributed by atoms with Crippen molar-refractivity contribution in [2.75, 3.05) is 5.73 Å². The van der Waals surface area contributed by atoms with E-state index in [1.54, 1.807) is 18.3 Å². The molecule has 0 aliphatic carbocycles. The maximum absolute atomic E-state index is 13.0. The van der Waals surface area contributed by atoms with Gasteiger partial charge in [0.15, 0.2) is 0 Å². The first-order chi connectivity index (χ1) is 9.74. The van der Waals surface area contributed by atoms with Gasteiger partial charge in [-0.25, -0.2) is 9.37 Å². The van der Waals surface area contributed by atoms with Crippen LogP contribution >= 0.6 is 0 Å². The summed E-state index contributed by atoms with van der Waals surface area (Å²) < 4.78 is 14.9. The van der Waals surface area contributed by atoms with Crippen LogP contribution in [0.3, 0.4) is 0 Å². The second-order valence-corrected chi connectivity index (χ2v) is 4.58. The van der Waals surface area contributed by atoms with Gasteiger partial charge in [0.1, 0.15) is 5.82 Å². The smallest absolute Gasteiger partial charge is 0.200 e. The lowest BCUT2D eigenvalue weighted by Crippen LogP contribution is -2.06. The molecule has 0 aliphatic rings. The van der Waals surface area contributed by atoms with Crippen LogP contribution in [0.25, 0.3) is 11.3 Å². The predicted octanol–water partition coefficient (Wildman–Crippen LogP) is 3.32. The summed E-state index contributed by atoms with van der Waals surface area (Å²) in [6, 6.07) is 16.3. The number of hydrogen-bond donors (Lipinski definition) is 1. The average Bonchev–Trinajstić information content (AvgIpc) is 2.83. The van der Waals surface area contributed by atoms with Crippen LogP contribution in [0.15, 0.2) is 60.8 Å². The number of nitrogen functional groups attached to an aromatic ring is 1. The lowest BCUT2D eigenvalue weighted by atomic mass is 10.1. The lowest BCUT2D eigenvalue weighted by molar-refractivity contribution is 0.628. The summed E-state index contributed by atoms with van der Waals surface area (Å²) in [7, 11) is 0. The van der Waals surface area contributed by atoms with Crippen molar-refractivity contribution >= 4 is 5.95 Å². The molecule has 0 unspecified atom stereocenters. The third kappa shape index (κ3) is 2.40. The molecule has 0 amide bonds. The molecule has 1 aromatic heterocycles. The van der Waals surface area contributed by atoms with Gasteiger partial charge in [-0.3, -0.25) is 0 Å². The monoisotopic (exact) mass is 267 g/mol. The number of hydrogen-bond acceptors (Lipinski definition) is 2. The number of nitrogens with two attached hydrogens (primary N) is 1. The van der Waals surface area contributed by atoms with Crippen LogP contribution in [0.4, 0.5) is 10.3 Å². The molecule has 20 heavy (non-hydrogen) atoms. The molecule has 4 heteroatoms. The highest BCUT2D eigenvalue weighted by Crippen LogP contribution is 2.23. The van der Waals surface area contributed by atoms with Gasteiger partial charge >= 0.3 is 0 Å². The van der Waals surface area contributed by atoms with E-state index in [0.717, 1.165) is 16.8 Å². The van der Waals surface area contributed by atoms with E-state index in [2.05, 4.69) is 4.98 Å². The SMILES string of the molecule is Nc1ncc(-c2ccc(F)cc2)n1Cc1ccccc1. The van der Waals surface area contributed by atoms with Gasteiger partial charge in [0.25, 0.3) is 0 Å². The minimum Gasteiger partial charge on any atom is -0.369 e. The minimum atomic E-state index is -0.254. The molecule has 100 valence electrons. The molecule has 0 radical (unpaired) electrons. The van der Waals surface area contributed by atoms with Crippen LogP contribution in [-0.4, -0.2) is 9.55 Å². The highest BCUT2D eigenvalue weighted by molar-refractivity contribution is 5.61. The van der Waals surface area contributed by atoms with E-state index in [4.69, 9.17) is 5.73 Å². The first-order valence-electron chi connectivity index (χ1n) is 6.35. The number of rotatable bonds is 3. The number of halogens is 1. The normalized spacial score (nSPS) is 10.7. The van der Waals surface area contributed by atoms with Crippen molar-refractivity contribution in [2.45, 2.75) is 6.54 Å². The fourth-order valence-electron chi connectivity index (χ4n) is 2.17. The molecule has 2 N–H and O–H groups in total. The molecular weight excluding hydrogens is 253 g/mol. The summed E-state index contributed by atoms with van der Waals surface area (Å²) in [5, 5.41) is 0. The first-order valence-corrected chi connectivity index (χ1v) is 6.35. The Morgan fingerprint density at radius 3 is 2.40 bits per heavy atom. The summed E-state index contributed by atoms with van der Waals surface area (Å²) in [6.45, 7) is 0.638. The van der Waals surface area contributed by atoms with E-state index in [-0.39, 0.29) is 5.82 Å². The molecule has 1 heterocycles. The average molecular weight is 267 g/mol. The molecule has 0 atom stereocenters. The summed E-state index contributed by atoms with van der Waals surface area (Å²) in [4.78, 5) is 4.16. The van der Waals surface area contributed by atoms with Gasteiger partial charge in [0.2, 0.25) is 5.95 Å². The van der Waals surface area contributed by atoms with Crippen LogP contribution in [0, 0.1) is 5.82 Å². The fraction of sp³-hybridized carbons (Fsp3) is 0.0625. The Bertz CT molecular complexity index is 702. The van der Waals surface area contributed by atoms with E-state index in [1.165, 1.54) is 12.1 Å². The minimum absolute atomic E-state index is 0.254. The van der Waals surface area contributed by atoms with Gasteiger partial charge in [-0.2, -0.15) is 0 Å². The quantitative estimate of drug-likeness (QED) is 0.791. The Balaban J connectivity index is 1.99. The molecule has 0 fully saturated rings. The molecule has 0 bridgehead atoms. The van der Waals surface area contributed by atoms with E-state index in [1.807, 2.05) is 34.9 Å². The Kier molecular flexibility index (Phi) is 3.21. The second kappa shape index (κ2) is 5.17. The van der Waals surface area contributed by atoms with Crippen LogP contribution in [0.2, 0.25) is 0 Å². The van der Waals surface area contributed by atoms with Crippen molar-refractivity contribution in [3.8, 4) is 11.3 Å². The van der Waals surface area contributed by atoms with Crippen LogP contribution < -0.4 is 5.73 Å². The van der Waals surface area contributed by atoms with Crippen LogP contribution in [0.5, 0.6) is 0 Å². The zero-order valence-corrected chi connectivity index (χ0v) is 10.8. The van der Waals surface area contributed by atoms with Gasteiger partial charge in [-0.15, -0.1) is 0 Å². The van der Waals surface area contributed by atoms with Gasteiger partial charge in [-0.1, -0.05) is 30.3 Å². The maximum atomic E-state index is 13.0. The molecule has 3 aromatic rings. The van der Waals surface area contributed by atoms with Crippen molar-refractivity contribution in [3.63, 3.8) is 0 Å². The molecule has 0 spiro atoms. The molecule has 0 saturated carbocycles. The van der Waals surface area contributed by atoms with Crippen molar-refractivity contribution < 1.29 is 4.39 Å². The molecular formula is C16H14FN3. The highest BCUT2D eigenvalue weighted by atomic mass is 19.1. The molecule has 0 aliphatic heterocycles. The van der Waals surface area contributed by atoms with Gasteiger partial charge < -0.3 is 10.3 Å². The Labute approximate surface area is 116 Å². The third-order valence-electron chi connectivity index (χ3n) is 3.21. The Morgan fingerprint density at radius 2 is 1.70 bits per heavy atom. The standard InChI is InChI=1S/C16H14FN3/c17-14-8-6-13(7-9-14)15-10-19-16(18)20(15)11-12-4-2-1-3-5-12/h1-10H,11H2,(H2,18,19). The highest BCUT2D eigenvalue weighted by Gasteiger charge is 2.10. The predicted molar refractivity (Wildman–Crippen MR) is 77.6 cm³/mol. The van der Waals surface area contributed by atoms with Crippen molar-refractivity contribution in [1.82, 2.24) is 9.55 Å². The summed E-state index contributed by atoms with van der Waals surface area (Å²) in [5.41, 5.74) is 8.85. The maximum Gasteiger partial charge on any atom is 0.200 e. The molecule has 2 aromatic carbocycles. The third-order valence-corrected chi connectivity index (χ3v) is 3.21.